The summed E-state index contributed by atoms with van der Waals surface area (Å²) in [5.74, 6) is 0.450. The molecule has 92 valence electrons. The van der Waals surface area contributed by atoms with E-state index in [2.05, 4.69) is 20.4 Å². The molecule has 0 spiro atoms. The quantitative estimate of drug-likeness (QED) is 0.534. The zero-order chi connectivity index (χ0) is 12.1. The Morgan fingerprint density at radius 1 is 1.56 bits per heavy atom. The van der Waals surface area contributed by atoms with E-state index in [1.165, 1.54) is 12.8 Å². The molecule has 1 aliphatic heterocycles. The number of carbonyl (C=O) groups is 1. The zero-order valence-corrected chi connectivity index (χ0v) is 10.5. The largest absolute Gasteiger partial charge is 0.432 e. The monoisotopic (exact) mass is 226 g/mol. The van der Waals surface area contributed by atoms with E-state index in [1.807, 2.05) is 0 Å². The van der Waals surface area contributed by atoms with Crippen molar-refractivity contribution in [2.24, 2.45) is 11.8 Å². The summed E-state index contributed by atoms with van der Waals surface area (Å²) in [6.45, 7) is 10.2. The lowest BCUT2D eigenvalue weighted by atomic mass is 9.92. The van der Waals surface area contributed by atoms with Crippen LogP contribution in [0.3, 0.4) is 0 Å². The van der Waals surface area contributed by atoms with Gasteiger partial charge in [0.25, 0.3) is 0 Å². The maximum absolute atomic E-state index is 11.4. The summed E-state index contributed by atoms with van der Waals surface area (Å²) in [4.78, 5) is 11.4. The van der Waals surface area contributed by atoms with Crippen LogP contribution in [0.4, 0.5) is 0 Å². The van der Waals surface area contributed by atoms with Gasteiger partial charge in [-0.3, -0.25) is 0 Å². The topological polar surface area (TPSA) is 35.5 Å². The van der Waals surface area contributed by atoms with Crippen molar-refractivity contribution in [3.05, 3.63) is 12.2 Å². The molecule has 3 unspecified atom stereocenters. The van der Waals surface area contributed by atoms with Crippen LogP contribution in [0.2, 0.25) is 0 Å². The van der Waals surface area contributed by atoms with Crippen LogP contribution in [0.5, 0.6) is 0 Å². The normalized spacial score (nSPS) is 29.1. The fraction of sp³-hybridized carbons (Fsp3) is 0.769. The van der Waals surface area contributed by atoms with Crippen molar-refractivity contribution in [1.82, 2.24) is 0 Å². The van der Waals surface area contributed by atoms with Gasteiger partial charge in [0.05, 0.1) is 6.61 Å². The van der Waals surface area contributed by atoms with E-state index < -0.39 is 0 Å². The molecule has 0 aromatic rings. The molecule has 0 N–H and O–H groups in total. The fourth-order valence-corrected chi connectivity index (χ4v) is 1.90. The minimum Gasteiger partial charge on any atom is -0.432 e. The third-order valence-electron chi connectivity index (χ3n) is 3.15. The molecule has 1 saturated heterocycles. The molecule has 3 atom stereocenters. The first-order valence-corrected chi connectivity index (χ1v) is 6.04. The summed E-state index contributed by atoms with van der Waals surface area (Å²) < 4.78 is 10.7. The van der Waals surface area contributed by atoms with Gasteiger partial charge < -0.3 is 9.47 Å². The van der Waals surface area contributed by atoms with Crippen molar-refractivity contribution in [2.45, 2.75) is 46.3 Å². The summed E-state index contributed by atoms with van der Waals surface area (Å²) in [6, 6.07) is 0. The van der Waals surface area contributed by atoms with Crippen LogP contribution in [0.15, 0.2) is 12.2 Å². The predicted molar refractivity (Wildman–Crippen MR) is 62.8 cm³/mol. The molecule has 0 amide bonds. The van der Waals surface area contributed by atoms with Gasteiger partial charge >= 0.3 is 5.97 Å². The first kappa shape index (κ1) is 13.2. The minimum atomic E-state index is -0.383. The highest BCUT2D eigenvalue weighted by atomic mass is 16.7. The SMILES string of the molecule is C=C(C)C(=O)OC1OCC(CCCC)C1C. The predicted octanol–water partition coefficient (Wildman–Crippen LogP) is 2.90. The summed E-state index contributed by atoms with van der Waals surface area (Å²) in [5, 5.41) is 0. The number of esters is 1. The standard InChI is InChI=1S/C13H22O3/c1-5-6-7-11-8-15-13(10(11)4)16-12(14)9(2)3/h10-11,13H,2,5-8H2,1,3-4H3. The summed E-state index contributed by atoms with van der Waals surface area (Å²) >= 11 is 0. The van der Waals surface area contributed by atoms with Gasteiger partial charge in [0.2, 0.25) is 6.29 Å². The second kappa shape index (κ2) is 6.04. The summed E-state index contributed by atoms with van der Waals surface area (Å²) in [6.07, 6.45) is 3.17. The Hall–Kier alpha value is -0.830. The minimum absolute atomic E-state index is 0.287. The maximum Gasteiger partial charge on any atom is 0.335 e. The highest BCUT2D eigenvalue weighted by Gasteiger charge is 2.35. The van der Waals surface area contributed by atoms with Gasteiger partial charge in [-0.1, -0.05) is 33.3 Å². The maximum atomic E-state index is 11.4. The first-order chi connectivity index (χ1) is 7.56. The molecule has 16 heavy (non-hydrogen) atoms. The van der Waals surface area contributed by atoms with Crippen molar-refractivity contribution in [1.29, 1.82) is 0 Å². The molecule has 0 aliphatic carbocycles. The first-order valence-electron chi connectivity index (χ1n) is 6.04. The molecule has 0 bridgehead atoms. The number of ether oxygens (including phenoxy) is 2. The molecule has 0 aromatic carbocycles. The van der Waals surface area contributed by atoms with Gasteiger partial charge in [-0.15, -0.1) is 0 Å². The zero-order valence-electron chi connectivity index (χ0n) is 10.5. The van der Waals surface area contributed by atoms with E-state index in [1.54, 1.807) is 6.92 Å². The third kappa shape index (κ3) is 3.34. The molecule has 0 radical (unpaired) electrons. The van der Waals surface area contributed by atoms with Crippen molar-refractivity contribution >= 4 is 5.97 Å². The van der Waals surface area contributed by atoms with Crippen LogP contribution in [-0.4, -0.2) is 18.9 Å². The molecule has 3 heteroatoms. The van der Waals surface area contributed by atoms with Crippen LogP contribution >= 0.6 is 0 Å². The number of hydrogen-bond acceptors (Lipinski definition) is 3. The molecule has 1 aliphatic rings. The molecule has 0 saturated carbocycles. The molecule has 0 aromatic heterocycles. The summed E-state index contributed by atoms with van der Waals surface area (Å²) in [7, 11) is 0. The van der Waals surface area contributed by atoms with Gasteiger partial charge in [0, 0.05) is 11.5 Å². The number of hydrogen-bond donors (Lipinski definition) is 0. The second-order valence-electron chi connectivity index (χ2n) is 4.65. The Kier molecular flexibility index (Phi) is 5.00. The van der Waals surface area contributed by atoms with Crippen molar-refractivity contribution in [3.63, 3.8) is 0 Å². The molecular weight excluding hydrogens is 204 g/mol. The van der Waals surface area contributed by atoms with Crippen LogP contribution < -0.4 is 0 Å². The van der Waals surface area contributed by atoms with Gasteiger partial charge in [-0.05, 0) is 19.3 Å². The number of unbranched alkanes of at least 4 members (excludes halogenated alkanes) is 1. The Balaban J connectivity index is 2.41. The average molecular weight is 226 g/mol. The highest BCUT2D eigenvalue weighted by molar-refractivity contribution is 5.87. The Morgan fingerprint density at radius 3 is 2.81 bits per heavy atom. The van der Waals surface area contributed by atoms with E-state index in [0.29, 0.717) is 18.1 Å². The smallest absolute Gasteiger partial charge is 0.335 e. The van der Waals surface area contributed by atoms with E-state index in [0.717, 1.165) is 6.42 Å². The lowest BCUT2D eigenvalue weighted by molar-refractivity contribution is -0.170. The number of rotatable bonds is 5. The fourth-order valence-electron chi connectivity index (χ4n) is 1.90. The van der Waals surface area contributed by atoms with Crippen molar-refractivity contribution < 1.29 is 14.3 Å². The van der Waals surface area contributed by atoms with Gasteiger partial charge in [-0.2, -0.15) is 0 Å². The van der Waals surface area contributed by atoms with Gasteiger partial charge in [-0.25, -0.2) is 4.79 Å². The third-order valence-corrected chi connectivity index (χ3v) is 3.15. The lowest BCUT2D eigenvalue weighted by Gasteiger charge is -2.18. The van der Waals surface area contributed by atoms with Gasteiger partial charge in [0.15, 0.2) is 0 Å². The van der Waals surface area contributed by atoms with Crippen LogP contribution in [0, 0.1) is 11.8 Å². The van der Waals surface area contributed by atoms with Crippen LogP contribution in [0.25, 0.3) is 0 Å². The second-order valence-corrected chi connectivity index (χ2v) is 4.65. The van der Waals surface area contributed by atoms with Crippen LogP contribution in [-0.2, 0) is 14.3 Å². The van der Waals surface area contributed by atoms with Gasteiger partial charge in [0.1, 0.15) is 0 Å². The molecule has 1 heterocycles. The molecule has 3 nitrogen and oxygen atoms in total. The Labute approximate surface area is 97.8 Å². The van der Waals surface area contributed by atoms with Crippen LogP contribution in [0.1, 0.15) is 40.0 Å². The van der Waals surface area contributed by atoms with Crippen molar-refractivity contribution in [2.75, 3.05) is 6.61 Å². The highest BCUT2D eigenvalue weighted by Crippen LogP contribution is 2.31. The molecule has 1 fully saturated rings. The molecular formula is C13H22O3. The van der Waals surface area contributed by atoms with E-state index in [-0.39, 0.29) is 18.2 Å². The Morgan fingerprint density at radius 2 is 2.25 bits per heavy atom. The lowest BCUT2D eigenvalue weighted by Crippen LogP contribution is -2.24. The molecule has 1 rings (SSSR count). The summed E-state index contributed by atoms with van der Waals surface area (Å²) in [5.41, 5.74) is 0.424. The number of carbonyl (C=O) groups excluding carboxylic acids is 1. The Bertz CT molecular complexity index is 260. The average Bonchev–Trinajstić information content (AvgIpc) is 2.57. The van der Waals surface area contributed by atoms with E-state index in [9.17, 15) is 4.79 Å². The van der Waals surface area contributed by atoms with E-state index >= 15 is 0 Å². The van der Waals surface area contributed by atoms with E-state index in [4.69, 9.17) is 9.47 Å². The van der Waals surface area contributed by atoms with Crippen molar-refractivity contribution in [3.8, 4) is 0 Å².